The molecule has 3 N–H and O–H groups in total. The number of nitro groups is 1. The number of carbonyl (C=O) groups is 1. The Labute approximate surface area is 228 Å². The number of nitro benzene ring substituents is 1. The lowest BCUT2D eigenvalue weighted by atomic mass is 9.54. The largest absolute Gasteiger partial charge is 0.382 e. The molecule has 0 atom stereocenters. The van der Waals surface area contributed by atoms with Gasteiger partial charge in [-0.3, -0.25) is 14.9 Å². The summed E-state index contributed by atoms with van der Waals surface area (Å²) >= 11 is 0. The van der Waals surface area contributed by atoms with Crippen molar-refractivity contribution in [2.45, 2.75) is 61.9 Å². The molecular formula is C28H34N4O6S. The van der Waals surface area contributed by atoms with E-state index in [1.807, 2.05) is 12.1 Å². The molecule has 1 amide bonds. The smallest absolute Gasteiger partial charge is 0.293 e. The second kappa shape index (κ2) is 10.4. The van der Waals surface area contributed by atoms with Crippen LogP contribution in [0.2, 0.25) is 0 Å². The highest BCUT2D eigenvalue weighted by atomic mass is 32.2. The van der Waals surface area contributed by atoms with Crippen LogP contribution >= 0.6 is 0 Å². The van der Waals surface area contributed by atoms with Gasteiger partial charge in [0.25, 0.3) is 21.6 Å². The molecule has 208 valence electrons. The average molecular weight is 555 g/mol. The fraction of sp³-hybridized carbons (Fsp3) is 0.536. The van der Waals surface area contributed by atoms with Gasteiger partial charge in [0, 0.05) is 42.6 Å². The van der Waals surface area contributed by atoms with E-state index in [0.717, 1.165) is 23.6 Å². The molecule has 0 unspecified atom stereocenters. The highest BCUT2D eigenvalue weighted by Crippen LogP contribution is 2.54. The second-order valence-corrected chi connectivity index (χ2v) is 13.3. The lowest BCUT2D eigenvalue weighted by Crippen LogP contribution is -2.51. The SMILES string of the molecule is O=C(NS(=O)(=O)c1ccc(NC2CCOCC2)c([N+](=O)[O-])c1)c1ccc(NC2C3CC4CC(C3)CC2C4)cc1. The number of benzene rings is 2. The summed E-state index contributed by atoms with van der Waals surface area (Å²) in [5.74, 6) is 2.40. The summed E-state index contributed by atoms with van der Waals surface area (Å²) in [5, 5.41) is 18.5. The summed E-state index contributed by atoms with van der Waals surface area (Å²) in [6.07, 6.45) is 7.99. The fourth-order valence-electron chi connectivity index (χ4n) is 7.32. The molecular weight excluding hydrogens is 520 g/mol. The Hall–Kier alpha value is -3.18. The van der Waals surface area contributed by atoms with Crippen molar-refractivity contribution in [1.29, 1.82) is 0 Å². The van der Waals surface area contributed by atoms with Crippen molar-refractivity contribution in [1.82, 2.24) is 4.72 Å². The number of amides is 1. The first-order valence-corrected chi connectivity index (χ1v) is 15.3. The molecule has 10 nitrogen and oxygen atoms in total. The molecule has 4 bridgehead atoms. The van der Waals surface area contributed by atoms with E-state index in [4.69, 9.17) is 4.74 Å². The maximum Gasteiger partial charge on any atom is 0.293 e. The third-order valence-corrected chi connectivity index (χ3v) is 10.3. The first-order chi connectivity index (χ1) is 18.7. The van der Waals surface area contributed by atoms with Crippen molar-refractivity contribution in [2.24, 2.45) is 23.7 Å². The van der Waals surface area contributed by atoms with Crippen LogP contribution in [0.4, 0.5) is 17.1 Å². The van der Waals surface area contributed by atoms with E-state index < -0.39 is 20.9 Å². The van der Waals surface area contributed by atoms with Crippen molar-refractivity contribution >= 4 is 33.0 Å². The highest BCUT2D eigenvalue weighted by molar-refractivity contribution is 7.90. The zero-order chi connectivity index (χ0) is 27.1. The number of hydrogen-bond donors (Lipinski definition) is 3. The Morgan fingerprint density at radius 2 is 1.54 bits per heavy atom. The molecule has 4 aliphatic carbocycles. The minimum absolute atomic E-state index is 0.000372. The van der Waals surface area contributed by atoms with E-state index in [1.165, 1.54) is 44.2 Å². The molecule has 7 rings (SSSR count). The van der Waals surface area contributed by atoms with E-state index in [9.17, 15) is 23.3 Å². The van der Waals surface area contributed by atoms with Crippen molar-refractivity contribution in [3.05, 3.63) is 58.1 Å². The van der Waals surface area contributed by atoms with Gasteiger partial charge in [-0.1, -0.05) is 0 Å². The maximum absolute atomic E-state index is 13.0. The Morgan fingerprint density at radius 1 is 0.897 bits per heavy atom. The predicted molar refractivity (Wildman–Crippen MR) is 146 cm³/mol. The van der Waals surface area contributed by atoms with Crippen LogP contribution in [0.15, 0.2) is 47.4 Å². The molecule has 0 spiro atoms. The van der Waals surface area contributed by atoms with Gasteiger partial charge in [-0.25, -0.2) is 13.1 Å². The van der Waals surface area contributed by atoms with E-state index in [2.05, 4.69) is 15.4 Å². The normalized spacial score (nSPS) is 28.2. The third-order valence-electron chi connectivity index (χ3n) is 8.99. The number of hydrogen-bond acceptors (Lipinski definition) is 8. The minimum Gasteiger partial charge on any atom is -0.382 e. The average Bonchev–Trinajstić information content (AvgIpc) is 2.91. The van der Waals surface area contributed by atoms with Crippen LogP contribution in [-0.2, 0) is 14.8 Å². The van der Waals surface area contributed by atoms with Gasteiger partial charge in [-0.05, 0) is 105 Å². The van der Waals surface area contributed by atoms with E-state index >= 15 is 0 Å². The Balaban J connectivity index is 1.11. The molecule has 1 aliphatic heterocycles. The van der Waals surface area contributed by atoms with Crippen LogP contribution in [0.1, 0.15) is 55.3 Å². The van der Waals surface area contributed by atoms with Crippen LogP contribution in [-0.4, -0.2) is 44.5 Å². The molecule has 2 aromatic rings. The summed E-state index contributed by atoms with van der Waals surface area (Å²) < 4.78 is 33.3. The Bertz CT molecular complexity index is 1330. The predicted octanol–water partition coefficient (Wildman–Crippen LogP) is 4.54. The molecule has 11 heteroatoms. The highest BCUT2D eigenvalue weighted by Gasteiger charge is 2.48. The van der Waals surface area contributed by atoms with Crippen LogP contribution < -0.4 is 15.4 Å². The van der Waals surface area contributed by atoms with Gasteiger partial charge < -0.3 is 15.4 Å². The molecule has 5 fully saturated rings. The number of rotatable bonds is 8. The maximum atomic E-state index is 13.0. The molecule has 0 radical (unpaired) electrons. The van der Waals surface area contributed by atoms with Crippen LogP contribution in [0.5, 0.6) is 0 Å². The van der Waals surface area contributed by atoms with Crippen LogP contribution in [0.25, 0.3) is 0 Å². The molecule has 2 aromatic carbocycles. The molecule has 1 heterocycles. The van der Waals surface area contributed by atoms with Crippen LogP contribution in [0.3, 0.4) is 0 Å². The molecule has 39 heavy (non-hydrogen) atoms. The molecule has 5 aliphatic rings. The number of ether oxygens (including phenoxy) is 1. The first-order valence-electron chi connectivity index (χ1n) is 13.8. The number of nitrogens with one attached hydrogen (secondary N) is 3. The van der Waals surface area contributed by atoms with Gasteiger partial charge in [0.2, 0.25) is 0 Å². The number of anilines is 2. The summed E-state index contributed by atoms with van der Waals surface area (Å²) in [5.41, 5.74) is 0.994. The van der Waals surface area contributed by atoms with E-state index in [-0.39, 0.29) is 27.9 Å². The number of sulfonamides is 1. The van der Waals surface area contributed by atoms with Gasteiger partial charge >= 0.3 is 0 Å². The second-order valence-electron chi connectivity index (χ2n) is 11.6. The quantitative estimate of drug-likeness (QED) is 0.319. The lowest BCUT2D eigenvalue weighted by Gasteiger charge is -2.54. The summed E-state index contributed by atoms with van der Waals surface area (Å²) in [4.78, 5) is 23.5. The summed E-state index contributed by atoms with van der Waals surface area (Å²) in [7, 11) is -4.33. The fourth-order valence-corrected chi connectivity index (χ4v) is 8.32. The van der Waals surface area contributed by atoms with E-state index in [1.54, 1.807) is 12.1 Å². The van der Waals surface area contributed by atoms with Crippen molar-refractivity contribution in [3.8, 4) is 0 Å². The monoisotopic (exact) mass is 554 g/mol. The van der Waals surface area contributed by atoms with Gasteiger partial charge in [0.05, 0.1) is 9.82 Å². The molecule has 4 saturated carbocycles. The zero-order valence-corrected chi connectivity index (χ0v) is 22.5. The summed E-state index contributed by atoms with van der Waals surface area (Å²) in [6, 6.07) is 10.9. The number of nitrogens with zero attached hydrogens (tertiary/aromatic N) is 1. The first kappa shape index (κ1) is 26.1. The van der Waals surface area contributed by atoms with Gasteiger partial charge in [0.1, 0.15) is 5.69 Å². The van der Waals surface area contributed by atoms with Gasteiger partial charge in [-0.15, -0.1) is 0 Å². The lowest BCUT2D eigenvalue weighted by molar-refractivity contribution is -0.384. The van der Waals surface area contributed by atoms with Gasteiger partial charge in [-0.2, -0.15) is 0 Å². The topological polar surface area (TPSA) is 140 Å². The molecule has 1 saturated heterocycles. The third kappa shape index (κ3) is 5.47. The Morgan fingerprint density at radius 3 is 2.15 bits per heavy atom. The standard InChI is InChI=1S/C28H34N4O6S/c33-28(19-1-3-22(4-2-19)30-27-20-12-17-11-18(14-20)15-21(27)13-17)31-39(36,37)24-5-6-25(26(16-24)32(34)35)29-23-7-9-38-10-8-23/h1-6,16-18,20-21,23,27,29-30H,7-15H2,(H,31,33). The van der Waals surface area contributed by atoms with E-state index in [0.29, 0.717) is 43.9 Å². The van der Waals surface area contributed by atoms with Crippen LogP contribution in [0, 0.1) is 33.8 Å². The Kier molecular flexibility index (Phi) is 6.96. The molecule has 0 aromatic heterocycles. The van der Waals surface area contributed by atoms with Crippen molar-refractivity contribution in [3.63, 3.8) is 0 Å². The number of carbonyl (C=O) groups excluding carboxylic acids is 1. The minimum atomic E-state index is -4.33. The summed E-state index contributed by atoms with van der Waals surface area (Å²) in [6.45, 7) is 1.12. The van der Waals surface area contributed by atoms with Crippen molar-refractivity contribution < 1.29 is 22.9 Å². The van der Waals surface area contributed by atoms with Gasteiger partial charge in [0.15, 0.2) is 0 Å². The van der Waals surface area contributed by atoms with Crippen molar-refractivity contribution in [2.75, 3.05) is 23.8 Å². The zero-order valence-electron chi connectivity index (χ0n) is 21.7.